The molecule has 0 spiro atoms. The standard InChI is InChI=1S/C15H17F3N2S/c1-4-19-13(14-20-9(2)10(3)21-14)11-5-7-12(8-6-11)15(16,17)18/h5-8,13,19H,4H2,1-3H3. The summed E-state index contributed by atoms with van der Waals surface area (Å²) in [4.78, 5) is 5.64. The molecule has 1 aromatic carbocycles. The lowest BCUT2D eigenvalue weighted by Crippen LogP contribution is -2.22. The Balaban J connectivity index is 2.34. The fourth-order valence-corrected chi connectivity index (χ4v) is 3.06. The molecule has 0 aliphatic rings. The Morgan fingerprint density at radius 2 is 1.81 bits per heavy atom. The maximum absolute atomic E-state index is 12.6. The quantitative estimate of drug-likeness (QED) is 0.900. The first-order valence-corrected chi connectivity index (χ1v) is 7.49. The highest BCUT2D eigenvalue weighted by atomic mass is 32.1. The van der Waals surface area contributed by atoms with Crippen LogP contribution < -0.4 is 5.32 Å². The largest absolute Gasteiger partial charge is 0.416 e. The first kappa shape index (κ1) is 16.0. The molecule has 0 aliphatic carbocycles. The maximum atomic E-state index is 12.6. The number of alkyl halides is 3. The lowest BCUT2D eigenvalue weighted by molar-refractivity contribution is -0.137. The fourth-order valence-electron chi connectivity index (χ4n) is 2.04. The minimum Gasteiger partial charge on any atom is -0.305 e. The lowest BCUT2D eigenvalue weighted by Gasteiger charge is -2.16. The van der Waals surface area contributed by atoms with Gasteiger partial charge >= 0.3 is 6.18 Å². The summed E-state index contributed by atoms with van der Waals surface area (Å²) < 4.78 is 37.9. The Labute approximate surface area is 126 Å². The Morgan fingerprint density at radius 1 is 1.19 bits per heavy atom. The maximum Gasteiger partial charge on any atom is 0.416 e. The zero-order valence-electron chi connectivity index (χ0n) is 12.1. The average molecular weight is 314 g/mol. The molecule has 0 fully saturated rings. The first-order chi connectivity index (χ1) is 9.82. The van der Waals surface area contributed by atoms with E-state index in [0.29, 0.717) is 6.54 Å². The van der Waals surface area contributed by atoms with Gasteiger partial charge in [0.2, 0.25) is 0 Å². The van der Waals surface area contributed by atoms with Crippen molar-refractivity contribution < 1.29 is 13.2 Å². The number of hydrogen-bond donors (Lipinski definition) is 1. The van der Waals surface area contributed by atoms with Gasteiger partial charge < -0.3 is 5.32 Å². The van der Waals surface area contributed by atoms with Gasteiger partial charge in [0.25, 0.3) is 0 Å². The second kappa shape index (κ2) is 6.15. The normalized spacial score (nSPS) is 13.4. The van der Waals surface area contributed by atoms with Crippen LogP contribution in [-0.4, -0.2) is 11.5 Å². The molecule has 1 aromatic heterocycles. The molecule has 0 saturated carbocycles. The highest BCUT2D eigenvalue weighted by Gasteiger charge is 2.30. The highest BCUT2D eigenvalue weighted by Crippen LogP contribution is 2.32. The van der Waals surface area contributed by atoms with Crippen LogP contribution in [0.5, 0.6) is 0 Å². The Bertz CT molecular complexity index is 583. The first-order valence-electron chi connectivity index (χ1n) is 6.67. The van der Waals surface area contributed by atoms with Crippen LogP contribution in [0.4, 0.5) is 13.2 Å². The third-order valence-corrected chi connectivity index (χ3v) is 4.41. The van der Waals surface area contributed by atoms with Crippen LogP contribution in [0, 0.1) is 13.8 Å². The van der Waals surface area contributed by atoms with Gasteiger partial charge in [-0.25, -0.2) is 4.98 Å². The van der Waals surface area contributed by atoms with E-state index in [1.807, 2.05) is 20.8 Å². The molecule has 2 aromatic rings. The van der Waals surface area contributed by atoms with E-state index < -0.39 is 11.7 Å². The number of hydrogen-bond acceptors (Lipinski definition) is 3. The molecule has 0 amide bonds. The van der Waals surface area contributed by atoms with Gasteiger partial charge in [-0.3, -0.25) is 0 Å². The molecule has 2 nitrogen and oxygen atoms in total. The summed E-state index contributed by atoms with van der Waals surface area (Å²) in [6, 6.07) is 5.10. The lowest BCUT2D eigenvalue weighted by atomic mass is 10.0. The summed E-state index contributed by atoms with van der Waals surface area (Å²) in [6.07, 6.45) is -4.30. The van der Waals surface area contributed by atoms with Crippen molar-refractivity contribution in [3.8, 4) is 0 Å². The second-order valence-electron chi connectivity index (χ2n) is 4.80. The second-order valence-corrected chi connectivity index (χ2v) is 6.04. The van der Waals surface area contributed by atoms with Gasteiger partial charge in [-0.05, 0) is 38.1 Å². The van der Waals surface area contributed by atoms with E-state index in [1.54, 1.807) is 11.3 Å². The Morgan fingerprint density at radius 3 is 2.24 bits per heavy atom. The van der Waals surface area contributed by atoms with Crippen molar-refractivity contribution in [3.63, 3.8) is 0 Å². The van der Waals surface area contributed by atoms with Gasteiger partial charge in [0, 0.05) is 4.88 Å². The van der Waals surface area contributed by atoms with Crippen molar-refractivity contribution in [1.29, 1.82) is 0 Å². The number of aromatic nitrogens is 1. The summed E-state index contributed by atoms with van der Waals surface area (Å²) in [6.45, 7) is 6.60. The van der Waals surface area contributed by atoms with Crippen LogP contribution >= 0.6 is 11.3 Å². The van der Waals surface area contributed by atoms with Gasteiger partial charge in [-0.2, -0.15) is 13.2 Å². The molecule has 21 heavy (non-hydrogen) atoms. The number of aryl methyl sites for hydroxylation is 2. The number of halogens is 3. The van der Waals surface area contributed by atoms with Gasteiger partial charge in [0.1, 0.15) is 5.01 Å². The fraction of sp³-hybridized carbons (Fsp3) is 0.400. The molecule has 114 valence electrons. The molecule has 0 saturated heterocycles. The minimum atomic E-state index is -4.30. The van der Waals surface area contributed by atoms with Gasteiger partial charge in [-0.1, -0.05) is 19.1 Å². The van der Waals surface area contributed by atoms with Crippen LogP contribution in [-0.2, 0) is 6.18 Å². The van der Waals surface area contributed by atoms with Crippen LogP contribution in [0.2, 0.25) is 0 Å². The molecule has 1 unspecified atom stereocenters. The molecular weight excluding hydrogens is 297 g/mol. The predicted molar refractivity (Wildman–Crippen MR) is 78.6 cm³/mol. The summed E-state index contributed by atoms with van der Waals surface area (Å²) in [7, 11) is 0. The number of thiazole rings is 1. The molecule has 0 bridgehead atoms. The SMILES string of the molecule is CCNC(c1ccc(C(F)(F)F)cc1)c1nc(C)c(C)s1. The smallest absolute Gasteiger partial charge is 0.305 e. The van der Waals surface area contributed by atoms with Crippen LogP contribution in [0.25, 0.3) is 0 Å². The summed E-state index contributed by atoms with van der Waals surface area (Å²) in [5, 5.41) is 4.16. The van der Waals surface area contributed by atoms with Crippen molar-refractivity contribution in [2.24, 2.45) is 0 Å². The van der Waals surface area contributed by atoms with E-state index in [0.717, 1.165) is 33.3 Å². The number of benzene rings is 1. The third-order valence-electron chi connectivity index (χ3n) is 3.27. The Hall–Kier alpha value is -1.40. The number of nitrogens with zero attached hydrogens (tertiary/aromatic N) is 1. The minimum absolute atomic E-state index is 0.172. The van der Waals surface area contributed by atoms with Crippen LogP contribution in [0.1, 0.15) is 39.7 Å². The van der Waals surface area contributed by atoms with Gasteiger partial charge in [0.05, 0.1) is 17.3 Å². The predicted octanol–water partition coefficient (Wildman–Crippen LogP) is 4.48. The number of nitrogens with one attached hydrogen (secondary N) is 1. The molecule has 1 heterocycles. The third kappa shape index (κ3) is 3.63. The van der Waals surface area contributed by atoms with Gasteiger partial charge in [0.15, 0.2) is 0 Å². The molecular formula is C15H17F3N2S. The zero-order chi connectivity index (χ0) is 15.6. The van der Waals surface area contributed by atoms with E-state index in [1.165, 1.54) is 12.1 Å². The Kier molecular flexibility index (Phi) is 4.68. The molecule has 6 heteroatoms. The van der Waals surface area contributed by atoms with E-state index >= 15 is 0 Å². The summed E-state index contributed by atoms with van der Waals surface area (Å²) in [5.41, 5.74) is 1.12. The van der Waals surface area contributed by atoms with Crippen LogP contribution in [0.15, 0.2) is 24.3 Å². The van der Waals surface area contributed by atoms with Crippen molar-refractivity contribution in [3.05, 3.63) is 51.0 Å². The highest BCUT2D eigenvalue weighted by molar-refractivity contribution is 7.11. The van der Waals surface area contributed by atoms with Crippen molar-refractivity contribution in [2.75, 3.05) is 6.54 Å². The van der Waals surface area contributed by atoms with Gasteiger partial charge in [-0.15, -0.1) is 11.3 Å². The average Bonchev–Trinajstić information content (AvgIpc) is 2.75. The summed E-state index contributed by atoms with van der Waals surface area (Å²) in [5.74, 6) is 0. The van der Waals surface area contributed by atoms with Crippen molar-refractivity contribution >= 4 is 11.3 Å². The molecule has 1 N–H and O–H groups in total. The van der Waals surface area contributed by atoms with E-state index in [9.17, 15) is 13.2 Å². The van der Waals surface area contributed by atoms with E-state index in [-0.39, 0.29) is 6.04 Å². The van der Waals surface area contributed by atoms with E-state index in [4.69, 9.17) is 0 Å². The molecule has 0 radical (unpaired) electrons. The van der Waals surface area contributed by atoms with Crippen molar-refractivity contribution in [1.82, 2.24) is 10.3 Å². The molecule has 2 rings (SSSR count). The molecule has 0 aliphatic heterocycles. The topological polar surface area (TPSA) is 24.9 Å². The monoisotopic (exact) mass is 314 g/mol. The van der Waals surface area contributed by atoms with E-state index in [2.05, 4.69) is 10.3 Å². The molecule has 1 atom stereocenters. The van der Waals surface area contributed by atoms with Crippen molar-refractivity contribution in [2.45, 2.75) is 33.0 Å². The zero-order valence-corrected chi connectivity index (χ0v) is 12.9. The number of rotatable bonds is 4. The van der Waals surface area contributed by atoms with Crippen LogP contribution in [0.3, 0.4) is 0 Å². The summed E-state index contributed by atoms with van der Waals surface area (Å²) >= 11 is 1.57.